The number of pyridine rings is 1. The lowest BCUT2D eigenvalue weighted by Crippen LogP contribution is -2.31. The Kier molecular flexibility index (Phi) is 5.68. The van der Waals surface area contributed by atoms with Crippen molar-refractivity contribution in [2.75, 3.05) is 11.0 Å². The van der Waals surface area contributed by atoms with Crippen LogP contribution < -0.4 is 9.44 Å². The van der Waals surface area contributed by atoms with Crippen LogP contribution >= 0.6 is 11.3 Å². The molecule has 12 heteroatoms. The molecule has 8 nitrogen and oxygen atoms in total. The lowest BCUT2D eigenvalue weighted by Gasteiger charge is -2.09. The second-order valence-electron chi connectivity index (χ2n) is 5.86. The Morgan fingerprint density at radius 1 is 1.10 bits per heavy atom. The summed E-state index contributed by atoms with van der Waals surface area (Å²) in [5.41, 5.74) is 0.226. The van der Waals surface area contributed by atoms with Crippen LogP contribution in [0.15, 0.2) is 58.9 Å². The zero-order chi connectivity index (χ0) is 21.2. The highest BCUT2D eigenvalue weighted by Gasteiger charge is 2.21. The smallest absolute Gasteiger partial charge is 0.281 e. The van der Waals surface area contributed by atoms with Gasteiger partial charge in [-0.15, -0.1) is 11.3 Å². The van der Waals surface area contributed by atoms with Gasteiger partial charge in [0.1, 0.15) is 11.5 Å². The number of sulfonamides is 2. The molecule has 0 radical (unpaired) electrons. The van der Waals surface area contributed by atoms with Crippen LogP contribution in [0.2, 0.25) is 0 Å². The summed E-state index contributed by atoms with van der Waals surface area (Å²) >= 11 is 1.49. The Morgan fingerprint density at radius 2 is 1.86 bits per heavy atom. The van der Waals surface area contributed by atoms with Crippen LogP contribution in [-0.2, 0) is 20.0 Å². The maximum Gasteiger partial charge on any atom is 0.283 e. The second-order valence-corrected chi connectivity index (χ2v) is 10.2. The van der Waals surface area contributed by atoms with Gasteiger partial charge < -0.3 is 0 Å². The summed E-state index contributed by atoms with van der Waals surface area (Å²) in [5.74, 6) is -2.09. The summed E-state index contributed by atoms with van der Waals surface area (Å²) in [6.07, 6.45) is 2.27. The van der Waals surface area contributed by atoms with Gasteiger partial charge in [0.05, 0.1) is 16.8 Å². The van der Waals surface area contributed by atoms with Gasteiger partial charge in [0, 0.05) is 16.6 Å². The molecule has 3 rings (SSSR count). The zero-order valence-corrected chi connectivity index (χ0v) is 17.2. The summed E-state index contributed by atoms with van der Waals surface area (Å²) < 4.78 is 64.8. The number of hydrogen-bond donors (Lipinski definition) is 2. The number of carbonyl (C=O) groups excluding carboxylic acids is 1. The molecule has 2 heterocycles. The molecule has 0 spiro atoms. The van der Waals surface area contributed by atoms with Gasteiger partial charge in [0.2, 0.25) is 10.0 Å². The van der Waals surface area contributed by atoms with E-state index >= 15 is 0 Å². The Bertz CT molecular complexity index is 1260. The molecule has 0 saturated heterocycles. The molecule has 0 saturated carbocycles. The number of amides is 1. The molecule has 3 aromatic rings. The molecule has 1 aromatic carbocycles. The first-order valence-electron chi connectivity index (χ1n) is 7.89. The van der Waals surface area contributed by atoms with E-state index in [0.717, 1.165) is 28.8 Å². The number of rotatable bonds is 6. The number of nitrogens with zero attached hydrogens (tertiary/aromatic N) is 1. The summed E-state index contributed by atoms with van der Waals surface area (Å²) in [4.78, 5) is 16.6. The standard InChI is InChI=1S/C17H14FN3O5S3/c1-28(23,24)20-14-7-5-12(9-13(14)18)29(25,26)21-17(22)15-6-4-11(10-19-15)16-3-2-8-27-16/h2-10,20H,1H3,(H,21,22). The first-order chi connectivity index (χ1) is 13.5. The quantitative estimate of drug-likeness (QED) is 0.589. The lowest BCUT2D eigenvalue weighted by atomic mass is 10.2. The summed E-state index contributed by atoms with van der Waals surface area (Å²) in [5, 5.41) is 1.89. The number of aromatic nitrogens is 1. The van der Waals surface area contributed by atoms with Gasteiger partial charge in [-0.2, -0.15) is 0 Å². The van der Waals surface area contributed by atoms with E-state index in [-0.39, 0.29) is 5.69 Å². The topological polar surface area (TPSA) is 122 Å². The fourth-order valence-electron chi connectivity index (χ4n) is 2.30. The van der Waals surface area contributed by atoms with E-state index in [4.69, 9.17) is 0 Å². The molecule has 0 aliphatic heterocycles. The molecule has 0 bridgehead atoms. The van der Waals surface area contributed by atoms with Crippen LogP contribution in [0.3, 0.4) is 0 Å². The van der Waals surface area contributed by atoms with Crippen molar-refractivity contribution in [1.29, 1.82) is 0 Å². The maximum absolute atomic E-state index is 14.0. The van der Waals surface area contributed by atoms with Gasteiger partial charge in [-0.25, -0.2) is 25.9 Å². The summed E-state index contributed by atoms with van der Waals surface area (Å²) in [6, 6.07) is 9.27. The molecule has 2 aromatic heterocycles. The van der Waals surface area contributed by atoms with Gasteiger partial charge in [0.15, 0.2) is 0 Å². The number of nitrogens with one attached hydrogen (secondary N) is 2. The van der Waals surface area contributed by atoms with E-state index < -0.39 is 42.4 Å². The van der Waals surface area contributed by atoms with Crippen LogP contribution in [0.5, 0.6) is 0 Å². The predicted molar refractivity (Wildman–Crippen MR) is 107 cm³/mol. The van der Waals surface area contributed by atoms with E-state index in [1.807, 2.05) is 22.2 Å². The van der Waals surface area contributed by atoms with Gasteiger partial charge in [-0.05, 0) is 41.8 Å². The normalized spacial score (nSPS) is 11.8. The molecule has 0 unspecified atom stereocenters. The van der Waals surface area contributed by atoms with Gasteiger partial charge in [-0.3, -0.25) is 14.5 Å². The first-order valence-corrected chi connectivity index (χ1v) is 12.1. The van der Waals surface area contributed by atoms with Gasteiger partial charge >= 0.3 is 0 Å². The number of hydrogen-bond acceptors (Lipinski definition) is 7. The number of carbonyl (C=O) groups is 1. The molecule has 0 aliphatic rings. The van der Waals surface area contributed by atoms with E-state index in [1.165, 1.54) is 23.6 Å². The Labute approximate surface area is 170 Å². The highest BCUT2D eigenvalue weighted by atomic mass is 32.2. The third-order valence-electron chi connectivity index (χ3n) is 3.58. The minimum Gasteiger partial charge on any atom is -0.281 e. The van der Waals surface area contributed by atoms with Crippen molar-refractivity contribution in [3.05, 3.63) is 65.6 Å². The monoisotopic (exact) mass is 455 g/mol. The SMILES string of the molecule is CS(=O)(=O)Nc1ccc(S(=O)(=O)NC(=O)c2ccc(-c3cccs3)cn2)cc1F. The number of anilines is 1. The molecule has 29 heavy (non-hydrogen) atoms. The van der Waals surface area contributed by atoms with Crippen molar-refractivity contribution >= 4 is 43.0 Å². The Hall–Kier alpha value is -2.83. The maximum atomic E-state index is 14.0. The minimum absolute atomic E-state index is 0.135. The van der Waals surface area contributed by atoms with Gasteiger partial charge in [0.25, 0.3) is 15.9 Å². The number of halogens is 1. The van der Waals surface area contributed by atoms with E-state index in [2.05, 4.69) is 4.98 Å². The van der Waals surface area contributed by atoms with E-state index in [1.54, 1.807) is 10.8 Å². The average molecular weight is 456 g/mol. The Morgan fingerprint density at radius 3 is 2.41 bits per heavy atom. The largest absolute Gasteiger partial charge is 0.283 e. The predicted octanol–water partition coefficient (Wildman–Crippen LogP) is 2.44. The molecule has 152 valence electrons. The lowest BCUT2D eigenvalue weighted by molar-refractivity contribution is 0.0976. The fraction of sp³-hybridized carbons (Fsp3) is 0.0588. The van der Waals surface area contributed by atoms with Crippen molar-refractivity contribution < 1.29 is 26.0 Å². The molecule has 1 amide bonds. The highest BCUT2D eigenvalue weighted by Crippen LogP contribution is 2.24. The van der Waals surface area contributed by atoms with E-state index in [9.17, 15) is 26.0 Å². The van der Waals surface area contributed by atoms with Crippen molar-refractivity contribution in [2.24, 2.45) is 0 Å². The molecular weight excluding hydrogens is 441 g/mol. The molecule has 0 fully saturated rings. The van der Waals surface area contributed by atoms with Crippen LogP contribution in [-0.4, -0.2) is 34.0 Å². The summed E-state index contributed by atoms with van der Waals surface area (Å²) in [6.45, 7) is 0. The Balaban J connectivity index is 1.78. The summed E-state index contributed by atoms with van der Waals surface area (Å²) in [7, 11) is -8.14. The molecule has 0 aliphatic carbocycles. The molecular formula is C17H14FN3O5S3. The van der Waals surface area contributed by atoms with Crippen molar-refractivity contribution in [3.8, 4) is 10.4 Å². The van der Waals surface area contributed by atoms with Crippen LogP contribution in [0.4, 0.5) is 10.1 Å². The fourth-order valence-corrected chi connectivity index (χ4v) is 4.55. The highest BCUT2D eigenvalue weighted by molar-refractivity contribution is 7.92. The second kappa shape index (κ2) is 7.89. The van der Waals surface area contributed by atoms with Crippen LogP contribution in [0.1, 0.15) is 10.5 Å². The van der Waals surface area contributed by atoms with Crippen LogP contribution in [0, 0.1) is 5.82 Å². The third kappa shape index (κ3) is 5.16. The van der Waals surface area contributed by atoms with Gasteiger partial charge in [-0.1, -0.05) is 6.07 Å². The van der Waals surface area contributed by atoms with Crippen molar-refractivity contribution in [2.45, 2.75) is 4.90 Å². The van der Waals surface area contributed by atoms with Crippen molar-refractivity contribution in [1.82, 2.24) is 9.71 Å². The molecule has 0 atom stereocenters. The third-order valence-corrected chi connectivity index (χ3v) is 6.41. The molecule has 2 N–H and O–H groups in total. The number of benzene rings is 1. The van der Waals surface area contributed by atoms with E-state index in [0.29, 0.717) is 6.07 Å². The van der Waals surface area contributed by atoms with Crippen molar-refractivity contribution in [3.63, 3.8) is 0 Å². The van der Waals surface area contributed by atoms with Crippen LogP contribution in [0.25, 0.3) is 10.4 Å². The average Bonchev–Trinajstić information content (AvgIpc) is 3.17. The first kappa shape index (κ1) is 20.9. The minimum atomic E-state index is -4.40. The zero-order valence-electron chi connectivity index (χ0n) is 14.8. The number of thiophene rings is 1.